The second-order valence-electron chi connectivity index (χ2n) is 12.1. The zero-order valence-corrected chi connectivity index (χ0v) is 29.8. The zero-order valence-electron chi connectivity index (χ0n) is 28.1. The summed E-state index contributed by atoms with van der Waals surface area (Å²) in [6.07, 6.45) is 4.56. The van der Waals surface area contributed by atoms with Crippen LogP contribution in [0, 0.1) is 5.92 Å². The maximum atomic E-state index is 12.8. The van der Waals surface area contributed by atoms with Crippen molar-refractivity contribution in [1.29, 1.82) is 0 Å². The number of H-pyrrole nitrogens is 1. The van der Waals surface area contributed by atoms with Crippen molar-refractivity contribution in [1.82, 2.24) is 34.1 Å². The average Bonchev–Trinajstić information content (AvgIpc) is 3.86. The number of aromatic amines is 1. The second-order valence-corrected chi connectivity index (χ2v) is 14.9. The summed E-state index contributed by atoms with van der Waals surface area (Å²) >= 11 is 5.40. The summed E-state index contributed by atoms with van der Waals surface area (Å²) < 4.78 is 27.0. The Morgan fingerprint density at radius 1 is 1.14 bits per heavy atom. The maximum Gasteiger partial charge on any atom is 0.326 e. The molecule has 0 aliphatic carbocycles. The predicted octanol–water partition coefficient (Wildman–Crippen LogP) is 4.26. The van der Waals surface area contributed by atoms with Crippen LogP contribution in [-0.4, -0.2) is 76.7 Å². The van der Waals surface area contributed by atoms with Gasteiger partial charge in [0.15, 0.2) is 17.4 Å². The molecule has 0 saturated carbocycles. The number of hydrogen-bond acceptors (Lipinski definition) is 12. The number of amides is 2. The molecular weight excluding hydrogens is 701 g/mol. The van der Waals surface area contributed by atoms with Crippen LogP contribution in [-0.2, 0) is 35.1 Å². The van der Waals surface area contributed by atoms with Gasteiger partial charge in [-0.05, 0) is 49.3 Å². The third-order valence-corrected chi connectivity index (χ3v) is 9.53. The van der Waals surface area contributed by atoms with E-state index in [9.17, 15) is 19.3 Å². The number of carbonyl (C=O) groups is 2. The highest BCUT2D eigenvalue weighted by molar-refractivity contribution is 8.07. The molecule has 17 nitrogen and oxygen atoms in total. The Kier molecular flexibility index (Phi) is 11.3. The van der Waals surface area contributed by atoms with Crippen LogP contribution in [0.15, 0.2) is 60.0 Å². The highest BCUT2D eigenvalue weighted by Crippen LogP contribution is 2.48. The molecule has 1 saturated heterocycles. The van der Waals surface area contributed by atoms with Gasteiger partial charge in [-0.2, -0.15) is 4.98 Å². The fraction of sp³-hybridized carbons (Fsp3) is 0.406. The van der Waals surface area contributed by atoms with Gasteiger partial charge in [-0.3, -0.25) is 33.8 Å². The van der Waals surface area contributed by atoms with Crippen LogP contribution in [0.5, 0.6) is 0 Å². The normalized spacial score (nSPS) is 17.9. The molecule has 1 unspecified atom stereocenters. The monoisotopic (exact) mass is 739 g/mol. The summed E-state index contributed by atoms with van der Waals surface area (Å²) in [6.45, 7) is 1.70. The Morgan fingerprint density at radius 3 is 2.71 bits per heavy atom. The number of aromatic nitrogens is 7. The van der Waals surface area contributed by atoms with E-state index in [4.69, 9.17) is 30.3 Å². The fourth-order valence-electron chi connectivity index (χ4n) is 5.39. The first-order valence-corrected chi connectivity index (χ1v) is 19.0. The minimum Gasteiger partial charge on any atom is -0.377 e. The topological polar surface area (TPSA) is 210 Å². The number of ether oxygens (including phenoxy) is 2. The molecule has 5 heterocycles. The molecule has 1 aromatic carbocycles. The van der Waals surface area contributed by atoms with Crippen molar-refractivity contribution in [2.45, 2.75) is 58.6 Å². The number of nitrogens with one attached hydrogen (secondary N) is 3. The summed E-state index contributed by atoms with van der Waals surface area (Å²) in [4.78, 5) is 68.7. The second kappa shape index (κ2) is 15.9. The molecule has 4 N–H and O–H groups in total. The molecular formula is C32H38N9O8PS. The molecule has 0 bridgehead atoms. The van der Waals surface area contributed by atoms with Crippen LogP contribution in [0.25, 0.3) is 22.2 Å². The quantitative estimate of drug-likeness (QED) is 0.0875. The Morgan fingerprint density at radius 2 is 1.94 bits per heavy atom. The third-order valence-electron chi connectivity index (χ3n) is 7.97. The summed E-state index contributed by atoms with van der Waals surface area (Å²) in [6, 6.07) is 10.7. The smallest absolute Gasteiger partial charge is 0.326 e. The van der Waals surface area contributed by atoms with E-state index in [-0.39, 0.29) is 48.1 Å². The van der Waals surface area contributed by atoms with Crippen LogP contribution in [0.3, 0.4) is 0 Å². The van der Waals surface area contributed by atoms with Crippen molar-refractivity contribution >= 4 is 64.3 Å². The first kappa shape index (κ1) is 36.4. The lowest BCUT2D eigenvalue weighted by molar-refractivity contribution is -0.118. The largest absolute Gasteiger partial charge is 0.377 e. The van der Waals surface area contributed by atoms with Gasteiger partial charge >= 0.3 is 6.72 Å². The Labute approximate surface area is 297 Å². The highest BCUT2D eigenvalue weighted by atomic mass is 32.5. The Bertz CT molecular complexity index is 2120. The minimum atomic E-state index is -3.92. The highest BCUT2D eigenvalue weighted by Gasteiger charge is 2.32. The molecule has 1 aliphatic heterocycles. The first-order chi connectivity index (χ1) is 24.5. The Hall–Kier alpha value is -4.42. The Balaban J connectivity index is 1.12. The lowest BCUT2D eigenvalue weighted by atomic mass is 10.2. The van der Waals surface area contributed by atoms with Gasteiger partial charge in [-0.1, -0.05) is 39.0 Å². The number of hydrogen-bond donors (Lipinski definition) is 4. The van der Waals surface area contributed by atoms with Crippen molar-refractivity contribution in [2.24, 2.45) is 5.92 Å². The van der Waals surface area contributed by atoms with E-state index in [0.717, 1.165) is 6.42 Å². The van der Waals surface area contributed by atoms with Crippen molar-refractivity contribution in [3.63, 3.8) is 0 Å². The van der Waals surface area contributed by atoms with E-state index in [1.54, 1.807) is 38.1 Å². The number of carbonyl (C=O) groups excluding carboxylic acids is 2. The van der Waals surface area contributed by atoms with Gasteiger partial charge in [0.1, 0.15) is 24.0 Å². The molecule has 0 spiro atoms. The molecule has 1 fully saturated rings. The molecule has 6 rings (SSSR count). The lowest BCUT2D eigenvalue weighted by Crippen LogP contribution is -2.23. The molecule has 51 heavy (non-hydrogen) atoms. The summed E-state index contributed by atoms with van der Waals surface area (Å²) in [5.41, 5.74) is 0.592. The molecule has 19 heteroatoms. The molecule has 270 valence electrons. The van der Waals surface area contributed by atoms with E-state index >= 15 is 0 Å². The number of nitrogens with zero attached hydrogens (tertiary/aromatic N) is 6. The standard InChI is InChI=1S/C32H38N9O8PS/c1-4-14-46-16-24(41-18-35-25-28(41)37-32(39-31(25)44)38-29(42)19(2)3)49-50(45,51)47-15-21-10-11-23(48-21)40-13-12-22-26(33-17-34-27(22)40)36-30(43)20-8-6-5-7-9-20/h5-9,12-13,17-19,21,23-24H,4,10-11,14-16H2,1-3H3,(H,45,51)(H,33,34,36,43)(H2,37,38,39,42,44)/t21-,23+,24+,50?/m0/s1. The van der Waals surface area contributed by atoms with E-state index < -0.39 is 30.8 Å². The maximum absolute atomic E-state index is 12.8. The molecule has 1 aliphatic rings. The number of anilines is 2. The molecule has 4 atom stereocenters. The molecule has 4 aromatic heterocycles. The number of rotatable bonds is 15. The van der Waals surface area contributed by atoms with Crippen LogP contribution in [0.4, 0.5) is 11.8 Å². The van der Waals surface area contributed by atoms with Crippen molar-refractivity contribution in [3.8, 4) is 0 Å². The van der Waals surface area contributed by atoms with Crippen molar-refractivity contribution in [2.75, 3.05) is 30.5 Å². The lowest BCUT2D eigenvalue weighted by Gasteiger charge is -2.25. The third kappa shape index (κ3) is 8.56. The molecule has 0 radical (unpaired) electrons. The van der Waals surface area contributed by atoms with E-state index in [1.807, 2.05) is 29.8 Å². The van der Waals surface area contributed by atoms with Crippen LogP contribution in [0.1, 0.15) is 62.8 Å². The van der Waals surface area contributed by atoms with Gasteiger partial charge in [0.25, 0.3) is 11.5 Å². The number of fused-ring (bicyclic) bond motifs is 2. The predicted molar refractivity (Wildman–Crippen MR) is 190 cm³/mol. The van der Waals surface area contributed by atoms with E-state index in [1.165, 1.54) is 17.2 Å². The van der Waals surface area contributed by atoms with E-state index in [2.05, 4.69) is 35.6 Å². The summed E-state index contributed by atoms with van der Waals surface area (Å²) in [5, 5.41) is 6.08. The van der Waals surface area contributed by atoms with Crippen LogP contribution >= 0.6 is 6.72 Å². The van der Waals surface area contributed by atoms with Gasteiger partial charge in [0.05, 0.1) is 31.0 Å². The van der Waals surface area contributed by atoms with Gasteiger partial charge < -0.3 is 28.8 Å². The first-order valence-electron chi connectivity index (χ1n) is 16.4. The van der Waals surface area contributed by atoms with Crippen LogP contribution in [0.2, 0.25) is 0 Å². The number of imidazole rings is 1. The van der Waals surface area contributed by atoms with Gasteiger partial charge in [0.2, 0.25) is 11.9 Å². The molecule has 2 amide bonds. The van der Waals surface area contributed by atoms with Gasteiger partial charge in [-0.15, -0.1) is 0 Å². The SMILES string of the molecule is CCCOC[C@@H](OP(O)(=S)OC[C@@H]1CC[C@H](n2ccc3c(NC(=O)c4ccccc4)ncnc32)O1)n1cnc2c(=O)[nH]c(NC(=O)C(C)C)nc21. The minimum absolute atomic E-state index is 0.00676. The van der Waals surface area contributed by atoms with Crippen LogP contribution < -0.4 is 16.2 Å². The van der Waals surface area contributed by atoms with Gasteiger partial charge in [0, 0.05) is 24.3 Å². The number of benzene rings is 1. The summed E-state index contributed by atoms with van der Waals surface area (Å²) in [5.74, 6) is -0.667. The van der Waals surface area contributed by atoms with Crippen molar-refractivity contribution in [3.05, 3.63) is 71.2 Å². The summed E-state index contributed by atoms with van der Waals surface area (Å²) in [7, 11) is 0. The zero-order chi connectivity index (χ0) is 36.1. The van der Waals surface area contributed by atoms with Crippen molar-refractivity contribution < 1.29 is 33.0 Å². The van der Waals surface area contributed by atoms with E-state index in [0.29, 0.717) is 41.9 Å². The average molecular weight is 740 g/mol. The van der Waals surface area contributed by atoms with Gasteiger partial charge in [-0.25, -0.2) is 15.0 Å². The molecule has 5 aromatic rings. The fourth-order valence-corrected chi connectivity index (χ4v) is 6.76.